The standard InChI is InChI=1S/C13H8ClF2NO/c14-9-1-2-10(11(7-9)13(15)16)12(18)8-3-5-17-6-4-8/h1-7,13H. The molecule has 0 saturated heterocycles. The smallest absolute Gasteiger partial charge is 0.264 e. The van der Waals surface area contributed by atoms with Crippen LogP contribution in [0, 0.1) is 0 Å². The van der Waals surface area contributed by atoms with Crippen LogP contribution in [-0.4, -0.2) is 10.8 Å². The number of benzene rings is 1. The number of aromatic nitrogens is 1. The minimum Gasteiger partial charge on any atom is -0.289 e. The van der Waals surface area contributed by atoms with Crippen LogP contribution < -0.4 is 0 Å². The summed E-state index contributed by atoms with van der Waals surface area (Å²) in [5.74, 6) is -0.468. The van der Waals surface area contributed by atoms with E-state index in [-0.39, 0.29) is 16.1 Å². The van der Waals surface area contributed by atoms with Crippen molar-refractivity contribution in [2.24, 2.45) is 0 Å². The van der Waals surface area contributed by atoms with Crippen molar-refractivity contribution < 1.29 is 13.6 Å². The summed E-state index contributed by atoms with van der Waals surface area (Å²) in [4.78, 5) is 15.9. The summed E-state index contributed by atoms with van der Waals surface area (Å²) in [6.45, 7) is 0. The minimum atomic E-state index is -2.75. The number of nitrogens with zero attached hydrogens (tertiary/aromatic N) is 1. The van der Waals surface area contributed by atoms with E-state index >= 15 is 0 Å². The highest BCUT2D eigenvalue weighted by Gasteiger charge is 2.19. The summed E-state index contributed by atoms with van der Waals surface area (Å²) in [6.07, 6.45) is 0.126. The molecule has 2 nitrogen and oxygen atoms in total. The monoisotopic (exact) mass is 267 g/mol. The zero-order valence-electron chi connectivity index (χ0n) is 9.11. The summed E-state index contributed by atoms with van der Waals surface area (Å²) in [6, 6.07) is 6.80. The van der Waals surface area contributed by atoms with Gasteiger partial charge in [0.05, 0.1) is 0 Å². The van der Waals surface area contributed by atoms with Crippen LogP contribution in [0.15, 0.2) is 42.7 Å². The normalized spacial score (nSPS) is 10.7. The molecular formula is C13H8ClF2NO. The lowest BCUT2D eigenvalue weighted by Gasteiger charge is -2.08. The van der Waals surface area contributed by atoms with E-state index < -0.39 is 12.2 Å². The third-order valence-electron chi connectivity index (χ3n) is 2.44. The Bertz CT molecular complexity index is 572. The quantitative estimate of drug-likeness (QED) is 0.790. The highest BCUT2D eigenvalue weighted by molar-refractivity contribution is 6.30. The molecule has 18 heavy (non-hydrogen) atoms. The number of hydrogen-bond donors (Lipinski definition) is 0. The largest absolute Gasteiger partial charge is 0.289 e. The van der Waals surface area contributed by atoms with Crippen molar-refractivity contribution >= 4 is 17.4 Å². The molecule has 1 aromatic heterocycles. The van der Waals surface area contributed by atoms with E-state index in [2.05, 4.69) is 4.98 Å². The van der Waals surface area contributed by atoms with Gasteiger partial charge in [0.15, 0.2) is 5.78 Å². The fraction of sp³-hybridized carbons (Fsp3) is 0.0769. The Morgan fingerprint density at radius 2 is 1.83 bits per heavy atom. The number of carbonyl (C=O) groups is 1. The Morgan fingerprint density at radius 1 is 1.17 bits per heavy atom. The van der Waals surface area contributed by atoms with E-state index in [0.717, 1.165) is 6.07 Å². The summed E-state index contributed by atoms with van der Waals surface area (Å²) in [5, 5.41) is 0.177. The average Bonchev–Trinajstić information content (AvgIpc) is 2.39. The van der Waals surface area contributed by atoms with Gasteiger partial charge >= 0.3 is 0 Å². The lowest BCUT2D eigenvalue weighted by molar-refractivity contribution is 0.102. The van der Waals surface area contributed by atoms with E-state index in [1.165, 1.54) is 36.7 Å². The first-order valence-corrected chi connectivity index (χ1v) is 5.49. The second kappa shape index (κ2) is 5.23. The van der Waals surface area contributed by atoms with Gasteiger partial charge in [-0.2, -0.15) is 0 Å². The molecule has 0 amide bonds. The predicted molar refractivity (Wildman–Crippen MR) is 64.1 cm³/mol. The molecule has 0 aliphatic heterocycles. The first-order valence-electron chi connectivity index (χ1n) is 5.12. The van der Waals surface area contributed by atoms with E-state index in [1.807, 2.05) is 0 Å². The Labute approximate surface area is 107 Å². The highest BCUT2D eigenvalue weighted by Crippen LogP contribution is 2.27. The summed E-state index contributed by atoms with van der Waals surface area (Å²) in [7, 11) is 0. The van der Waals surface area contributed by atoms with Crippen molar-refractivity contribution in [3.8, 4) is 0 Å². The molecule has 0 unspecified atom stereocenters. The molecule has 0 saturated carbocycles. The maximum Gasteiger partial charge on any atom is 0.264 e. The molecule has 0 aliphatic rings. The zero-order chi connectivity index (χ0) is 13.1. The fourth-order valence-electron chi connectivity index (χ4n) is 1.58. The third kappa shape index (κ3) is 2.54. The molecule has 2 aromatic rings. The maximum absolute atomic E-state index is 12.9. The molecule has 0 spiro atoms. The SMILES string of the molecule is O=C(c1ccncc1)c1ccc(Cl)cc1C(F)F. The van der Waals surface area contributed by atoms with Gasteiger partial charge in [0.1, 0.15) is 0 Å². The number of alkyl halides is 2. The number of halogens is 3. The number of ketones is 1. The summed E-state index contributed by atoms with van der Waals surface area (Å²) >= 11 is 5.66. The molecule has 0 radical (unpaired) electrons. The Balaban J connectivity index is 2.48. The molecule has 92 valence electrons. The maximum atomic E-state index is 12.9. The Morgan fingerprint density at radius 3 is 2.44 bits per heavy atom. The molecule has 5 heteroatoms. The van der Waals surface area contributed by atoms with E-state index in [1.54, 1.807) is 0 Å². The van der Waals surface area contributed by atoms with Crippen molar-refractivity contribution in [3.63, 3.8) is 0 Å². The molecule has 1 aromatic carbocycles. The molecule has 1 heterocycles. The lowest BCUT2D eigenvalue weighted by Crippen LogP contribution is -2.06. The lowest BCUT2D eigenvalue weighted by atomic mass is 9.99. The molecule has 0 atom stereocenters. The molecule has 0 N–H and O–H groups in total. The summed E-state index contributed by atoms with van der Waals surface area (Å²) in [5.41, 5.74) is -0.0841. The second-order valence-corrected chi connectivity index (χ2v) is 4.03. The fourth-order valence-corrected chi connectivity index (χ4v) is 1.76. The van der Waals surface area contributed by atoms with Gasteiger partial charge in [0, 0.05) is 34.1 Å². The van der Waals surface area contributed by atoms with Crippen LogP contribution in [0.2, 0.25) is 5.02 Å². The molecule has 0 aliphatic carbocycles. The van der Waals surface area contributed by atoms with E-state index in [9.17, 15) is 13.6 Å². The van der Waals surface area contributed by atoms with Crippen LogP contribution in [0.25, 0.3) is 0 Å². The molecule has 2 rings (SSSR count). The zero-order valence-corrected chi connectivity index (χ0v) is 9.86. The molecule has 0 bridgehead atoms. The van der Waals surface area contributed by atoms with Gasteiger partial charge in [-0.15, -0.1) is 0 Å². The van der Waals surface area contributed by atoms with Crippen molar-refractivity contribution in [3.05, 3.63) is 64.4 Å². The Hall–Kier alpha value is -1.81. The van der Waals surface area contributed by atoms with Gasteiger partial charge in [-0.25, -0.2) is 8.78 Å². The van der Waals surface area contributed by atoms with Gasteiger partial charge in [-0.3, -0.25) is 9.78 Å². The van der Waals surface area contributed by atoms with E-state index in [4.69, 9.17) is 11.6 Å². The van der Waals surface area contributed by atoms with Gasteiger partial charge in [-0.1, -0.05) is 11.6 Å². The van der Waals surface area contributed by atoms with Crippen LogP contribution >= 0.6 is 11.6 Å². The summed E-state index contributed by atoms with van der Waals surface area (Å²) < 4.78 is 25.7. The van der Waals surface area contributed by atoms with Crippen LogP contribution in [0.1, 0.15) is 27.9 Å². The van der Waals surface area contributed by atoms with Crippen molar-refractivity contribution in [1.29, 1.82) is 0 Å². The number of carbonyl (C=O) groups excluding carboxylic acids is 1. The third-order valence-corrected chi connectivity index (χ3v) is 2.67. The first-order chi connectivity index (χ1) is 8.59. The Kier molecular flexibility index (Phi) is 3.67. The van der Waals surface area contributed by atoms with Crippen LogP contribution in [-0.2, 0) is 0 Å². The number of hydrogen-bond acceptors (Lipinski definition) is 2. The van der Waals surface area contributed by atoms with Gasteiger partial charge in [-0.05, 0) is 30.3 Å². The topological polar surface area (TPSA) is 30.0 Å². The molecular weight excluding hydrogens is 260 g/mol. The molecule has 0 fully saturated rings. The average molecular weight is 268 g/mol. The van der Waals surface area contributed by atoms with Crippen LogP contribution in [0.4, 0.5) is 8.78 Å². The number of pyridine rings is 1. The first kappa shape index (κ1) is 12.6. The van der Waals surface area contributed by atoms with Crippen molar-refractivity contribution in [1.82, 2.24) is 4.98 Å². The van der Waals surface area contributed by atoms with E-state index in [0.29, 0.717) is 5.56 Å². The van der Waals surface area contributed by atoms with Crippen molar-refractivity contribution in [2.45, 2.75) is 6.43 Å². The van der Waals surface area contributed by atoms with Gasteiger partial charge in [0.25, 0.3) is 6.43 Å². The van der Waals surface area contributed by atoms with Gasteiger partial charge in [0.2, 0.25) is 0 Å². The van der Waals surface area contributed by atoms with Crippen LogP contribution in [0.3, 0.4) is 0 Å². The predicted octanol–water partition coefficient (Wildman–Crippen LogP) is 3.90. The second-order valence-electron chi connectivity index (χ2n) is 3.60. The van der Waals surface area contributed by atoms with Crippen molar-refractivity contribution in [2.75, 3.05) is 0 Å². The number of rotatable bonds is 3. The van der Waals surface area contributed by atoms with Crippen LogP contribution in [0.5, 0.6) is 0 Å². The minimum absolute atomic E-state index is 0.0411. The van der Waals surface area contributed by atoms with Gasteiger partial charge < -0.3 is 0 Å². The highest BCUT2D eigenvalue weighted by atomic mass is 35.5.